The van der Waals surface area contributed by atoms with Crippen LogP contribution in [-0.2, 0) is 15.9 Å². The Morgan fingerprint density at radius 1 is 1.02 bits per heavy atom. The molecule has 0 radical (unpaired) electrons. The minimum Gasteiger partial charge on any atom is -0.420 e. The Hall–Kier alpha value is -2.62. The first-order chi connectivity index (χ1) is 20.4. The molecule has 0 bridgehead atoms. The molecular weight excluding hydrogens is 525 g/mol. The highest BCUT2D eigenvalue weighted by Crippen LogP contribution is 2.29. The van der Waals surface area contributed by atoms with Crippen LogP contribution in [0.2, 0.25) is 5.82 Å². The van der Waals surface area contributed by atoms with Crippen molar-refractivity contribution >= 4 is 18.7 Å². The Morgan fingerprint density at radius 2 is 1.79 bits per heavy atom. The first-order valence-corrected chi connectivity index (χ1v) is 16.0. The zero-order valence-corrected chi connectivity index (χ0v) is 26.3. The maximum Gasteiger partial charge on any atom is 0.386 e. The average molecular weight is 578 g/mol. The molecule has 0 saturated carbocycles. The largest absolute Gasteiger partial charge is 0.420 e. The van der Waals surface area contributed by atoms with Gasteiger partial charge in [0.05, 0.1) is 12.2 Å². The molecule has 1 aromatic carbocycles. The van der Waals surface area contributed by atoms with Crippen LogP contribution < -0.4 is 5.32 Å². The Kier molecular flexibility index (Phi) is 15.2. The number of hydrogen-bond donors (Lipinski definition) is 1. The molecule has 0 unspecified atom stereocenters. The molecule has 1 aliphatic rings. The quantitative estimate of drug-likeness (QED) is 0.202. The third kappa shape index (κ3) is 11.9. The normalized spacial score (nSPS) is 16.5. The Balaban J connectivity index is 1.65. The van der Waals surface area contributed by atoms with E-state index in [1.54, 1.807) is 0 Å². The number of carbonyl (C=O) groups excluding carboxylic acids is 2. The summed E-state index contributed by atoms with van der Waals surface area (Å²) >= 11 is 0. The summed E-state index contributed by atoms with van der Waals surface area (Å²) in [6, 6.07) is 9.18. The maximum absolute atomic E-state index is 13.9. The van der Waals surface area contributed by atoms with Crippen molar-refractivity contribution in [2.45, 2.75) is 90.4 Å². The van der Waals surface area contributed by atoms with Crippen molar-refractivity contribution in [3.05, 3.63) is 60.2 Å². The van der Waals surface area contributed by atoms with Crippen LogP contribution in [0.25, 0.3) is 0 Å². The first-order valence-electron chi connectivity index (χ1n) is 16.0. The zero-order chi connectivity index (χ0) is 30.2. The van der Waals surface area contributed by atoms with E-state index in [2.05, 4.69) is 52.8 Å². The topological polar surface area (TPSA) is 87.7 Å². The van der Waals surface area contributed by atoms with Gasteiger partial charge in [0, 0.05) is 45.1 Å². The molecular formula is C33H52BN5O3. The fraction of sp³-hybridized carbons (Fsp3) is 0.636. The minimum atomic E-state index is -0.664. The van der Waals surface area contributed by atoms with Crippen molar-refractivity contribution in [3.63, 3.8) is 0 Å². The number of Topliss-reactive ketones (excluding diaryl/α,β-unsaturated/α-hetero) is 1. The van der Waals surface area contributed by atoms with Gasteiger partial charge in [0.25, 0.3) is 5.91 Å². The Morgan fingerprint density at radius 3 is 2.50 bits per heavy atom. The van der Waals surface area contributed by atoms with Gasteiger partial charge < -0.3 is 14.8 Å². The van der Waals surface area contributed by atoms with E-state index in [0.717, 1.165) is 38.2 Å². The molecule has 8 nitrogen and oxygen atoms in total. The summed E-state index contributed by atoms with van der Waals surface area (Å²) < 4.78 is 6.52. The number of unbranched alkanes of at least 4 members (excludes halogenated alkanes) is 5. The molecule has 230 valence electrons. The molecule has 0 aliphatic carbocycles. The molecule has 2 heterocycles. The van der Waals surface area contributed by atoms with Gasteiger partial charge in [-0.15, -0.1) is 0 Å². The smallest absolute Gasteiger partial charge is 0.386 e. The summed E-state index contributed by atoms with van der Waals surface area (Å²) in [6.07, 6.45) is 13.9. The standard InChI is InChI=1S/C33H52BN5O3/c1-5-6-7-8-9-13-18-39-20-19-38(4)34(42-22-21-39)29(23-27(2)3)25-32(40)30(24-28-14-11-10-12-15-28)37-33(41)31-26-35-16-17-36-31/h10-12,14-17,26-27,29-30H,5-9,13,18-25H2,1-4H3,(H,37,41)/t29-,30+/m1/s1. The number of ketones is 1. The monoisotopic (exact) mass is 577 g/mol. The van der Waals surface area contributed by atoms with Crippen LogP contribution in [-0.4, -0.2) is 84.3 Å². The highest BCUT2D eigenvalue weighted by molar-refractivity contribution is 6.51. The minimum absolute atomic E-state index is 0.0190. The van der Waals surface area contributed by atoms with Gasteiger partial charge in [0.15, 0.2) is 5.78 Å². The number of aromatic nitrogens is 2. The highest BCUT2D eigenvalue weighted by Gasteiger charge is 2.37. The molecule has 0 spiro atoms. The Bertz CT molecular complexity index is 1040. The lowest BCUT2D eigenvalue weighted by molar-refractivity contribution is -0.121. The van der Waals surface area contributed by atoms with Crippen molar-refractivity contribution < 1.29 is 14.2 Å². The third-order valence-electron chi connectivity index (χ3n) is 8.14. The van der Waals surface area contributed by atoms with Crippen molar-refractivity contribution in [1.82, 2.24) is 25.0 Å². The molecule has 1 aliphatic heterocycles. The van der Waals surface area contributed by atoms with Gasteiger partial charge >= 0.3 is 7.05 Å². The van der Waals surface area contributed by atoms with E-state index >= 15 is 0 Å². The van der Waals surface area contributed by atoms with Crippen LogP contribution in [0.5, 0.6) is 0 Å². The van der Waals surface area contributed by atoms with Crippen LogP contribution >= 0.6 is 0 Å². The van der Waals surface area contributed by atoms with Crippen LogP contribution in [0.4, 0.5) is 0 Å². The van der Waals surface area contributed by atoms with Crippen molar-refractivity contribution in [2.24, 2.45) is 5.92 Å². The van der Waals surface area contributed by atoms with Crippen LogP contribution in [0.1, 0.15) is 88.2 Å². The van der Waals surface area contributed by atoms with E-state index in [1.165, 1.54) is 57.1 Å². The number of benzene rings is 1. The summed E-state index contributed by atoms with van der Waals surface area (Å²) in [7, 11) is 1.98. The molecule has 1 fully saturated rings. The van der Waals surface area contributed by atoms with Gasteiger partial charge in [-0.1, -0.05) is 89.6 Å². The number of rotatable bonds is 17. The molecule has 9 heteroatoms. The van der Waals surface area contributed by atoms with Gasteiger partial charge in [-0.25, -0.2) is 4.98 Å². The van der Waals surface area contributed by atoms with Gasteiger partial charge in [0.2, 0.25) is 0 Å². The summed E-state index contributed by atoms with van der Waals surface area (Å²) in [5.41, 5.74) is 1.20. The molecule has 1 amide bonds. The van der Waals surface area contributed by atoms with Crippen molar-refractivity contribution in [1.29, 1.82) is 0 Å². The summed E-state index contributed by atoms with van der Waals surface area (Å²) in [6.45, 7) is 11.3. The molecule has 1 N–H and O–H groups in total. The van der Waals surface area contributed by atoms with Crippen LogP contribution in [0.15, 0.2) is 48.9 Å². The SMILES string of the molecule is CCCCCCCCN1CCOB([C@@H](CC(=O)[C@H](Cc2ccccc2)NC(=O)c2cnccn2)CC(C)C)N(C)CC1. The summed E-state index contributed by atoms with van der Waals surface area (Å²) in [5.74, 6) is 0.0728. The second kappa shape index (κ2) is 18.8. The average Bonchev–Trinajstić information content (AvgIpc) is 2.98. The second-order valence-corrected chi connectivity index (χ2v) is 12.2. The predicted octanol–water partition coefficient (Wildman–Crippen LogP) is 5.31. The number of likely N-dealkylation sites (N-methyl/N-ethyl adjacent to an activating group) is 1. The van der Waals surface area contributed by atoms with E-state index in [1.807, 2.05) is 30.3 Å². The number of nitrogens with zero attached hydrogens (tertiary/aromatic N) is 4. The van der Waals surface area contributed by atoms with Crippen LogP contribution in [0.3, 0.4) is 0 Å². The molecule has 3 rings (SSSR count). The molecule has 2 aromatic rings. The van der Waals surface area contributed by atoms with E-state index in [9.17, 15) is 9.59 Å². The van der Waals surface area contributed by atoms with Gasteiger partial charge in [0.1, 0.15) is 5.69 Å². The van der Waals surface area contributed by atoms with E-state index in [-0.39, 0.29) is 30.3 Å². The van der Waals surface area contributed by atoms with Gasteiger partial charge in [-0.05, 0) is 43.7 Å². The summed E-state index contributed by atoms with van der Waals surface area (Å²) in [5, 5.41) is 2.97. The molecule has 1 aromatic heterocycles. The van der Waals surface area contributed by atoms with E-state index < -0.39 is 6.04 Å². The second-order valence-electron chi connectivity index (χ2n) is 12.2. The fourth-order valence-electron chi connectivity index (χ4n) is 5.85. The first kappa shape index (κ1) is 33.9. The number of amides is 1. The zero-order valence-electron chi connectivity index (χ0n) is 26.3. The lowest BCUT2D eigenvalue weighted by atomic mass is 9.59. The van der Waals surface area contributed by atoms with Crippen molar-refractivity contribution in [2.75, 3.05) is 39.8 Å². The van der Waals surface area contributed by atoms with Crippen molar-refractivity contribution in [3.8, 4) is 0 Å². The fourth-order valence-corrected chi connectivity index (χ4v) is 5.85. The van der Waals surface area contributed by atoms with Crippen LogP contribution in [0, 0.1) is 5.92 Å². The third-order valence-corrected chi connectivity index (χ3v) is 8.14. The maximum atomic E-state index is 13.9. The van der Waals surface area contributed by atoms with Gasteiger partial charge in [-0.2, -0.15) is 0 Å². The highest BCUT2D eigenvalue weighted by atomic mass is 16.4. The lowest BCUT2D eigenvalue weighted by Crippen LogP contribution is -2.51. The molecule has 42 heavy (non-hydrogen) atoms. The number of hydrogen-bond acceptors (Lipinski definition) is 7. The van der Waals surface area contributed by atoms with E-state index in [0.29, 0.717) is 25.4 Å². The number of nitrogens with one attached hydrogen (secondary N) is 1. The molecule has 2 atom stereocenters. The number of carbonyl (C=O) groups is 2. The van der Waals surface area contributed by atoms with Gasteiger partial charge in [-0.3, -0.25) is 19.5 Å². The Labute approximate surface area is 254 Å². The van der Waals surface area contributed by atoms with E-state index in [4.69, 9.17) is 4.65 Å². The lowest BCUT2D eigenvalue weighted by Gasteiger charge is -2.36. The summed E-state index contributed by atoms with van der Waals surface area (Å²) in [4.78, 5) is 39.9. The molecule has 1 saturated heterocycles. The predicted molar refractivity (Wildman–Crippen MR) is 170 cm³/mol.